The van der Waals surface area contributed by atoms with Crippen LogP contribution in [0.4, 0.5) is 0 Å². The summed E-state index contributed by atoms with van der Waals surface area (Å²) in [5.41, 5.74) is 1.43. The van der Waals surface area contributed by atoms with E-state index in [0.717, 1.165) is 5.56 Å². The van der Waals surface area contributed by atoms with Gasteiger partial charge in [0.1, 0.15) is 11.5 Å². The molecule has 1 aromatic carbocycles. The van der Waals surface area contributed by atoms with Crippen molar-refractivity contribution in [1.29, 1.82) is 0 Å². The van der Waals surface area contributed by atoms with Crippen LogP contribution >= 0.6 is 0 Å². The molecule has 2 rings (SSSR count). The van der Waals surface area contributed by atoms with Gasteiger partial charge in [0.15, 0.2) is 0 Å². The standard InChI is InChI=1S/C13H18O2/c1-9(13(2)6-7-13)11-5-4-10(15-3)8-12(11)14/h4-5,8-9,14H,6-7H2,1-3H3. The van der Waals surface area contributed by atoms with E-state index in [1.165, 1.54) is 12.8 Å². The Hall–Kier alpha value is -1.18. The summed E-state index contributed by atoms with van der Waals surface area (Å²) in [4.78, 5) is 0. The third-order valence-corrected chi connectivity index (χ3v) is 3.79. The first-order valence-electron chi connectivity index (χ1n) is 5.44. The molecule has 1 aliphatic rings. The van der Waals surface area contributed by atoms with Gasteiger partial charge in [0, 0.05) is 6.07 Å². The SMILES string of the molecule is COc1ccc(C(C)C2(C)CC2)c(O)c1. The van der Waals surface area contributed by atoms with Crippen LogP contribution in [0.1, 0.15) is 38.2 Å². The Balaban J connectivity index is 2.28. The molecule has 15 heavy (non-hydrogen) atoms. The predicted octanol–water partition coefficient (Wildman–Crippen LogP) is 3.30. The minimum Gasteiger partial charge on any atom is -0.508 e. The molecule has 0 aromatic heterocycles. The van der Waals surface area contributed by atoms with E-state index in [0.29, 0.717) is 22.8 Å². The quantitative estimate of drug-likeness (QED) is 0.822. The number of aromatic hydroxyl groups is 1. The third-order valence-electron chi connectivity index (χ3n) is 3.79. The molecule has 0 radical (unpaired) electrons. The first-order valence-corrected chi connectivity index (χ1v) is 5.44. The number of benzene rings is 1. The van der Waals surface area contributed by atoms with Crippen LogP contribution < -0.4 is 4.74 Å². The highest BCUT2D eigenvalue weighted by Crippen LogP contribution is 2.56. The molecular weight excluding hydrogens is 188 g/mol. The summed E-state index contributed by atoms with van der Waals surface area (Å²) in [6, 6.07) is 5.58. The fourth-order valence-corrected chi connectivity index (χ4v) is 2.02. The molecule has 1 aliphatic carbocycles. The lowest BCUT2D eigenvalue weighted by Crippen LogP contribution is -2.06. The zero-order valence-corrected chi connectivity index (χ0v) is 9.58. The van der Waals surface area contributed by atoms with Gasteiger partial charge >= 0.3 is 0 Å². The van der Waals surface area contributed by atoms with Crippen molar-refractivity contribution in [2.75, 3.05) is 7.11 Å². The summed E-state index contributed by atoms with van der Waals surface area (Å²) in [6.45, 7) is 4.47. The Morgan fingerprint density at radius 3 is 2.53 bits per heavy atom. The second kappa shape index (κ2) is 3.44. The van der Waals surface area contributed by atoms with Crippen molar-refractivity contribution in [1.82, 2.24) is 0 Å². The van der Waals surface area contributed by atoms with Crippen LogP contribution in [0.3, 0.4) is 0 Å². The van der Waals surface area contributed by atoms with E-state index in [9.17, 15) is 5.11 Å². The Morgan fingerprint density at radius 1 is 1.40 bits per heavy atom. The van der Waals surface area contributed by atoms with Gasteiger partial charge in [-0.2, -0.15) is 0 Å². The molecule has 0 heterocycles. The molecule has 1 unspecified atom stereocenters. The fraction of sp³-hybridized carbons (Fsp3) is 0.538. The van der Waals surface area contributed by atoms with Gasteiger partial charge in [-0.3, -0.25) is 0 Å². The highest BCUT2D eigenvalue weighted by molar-refractivity contribution is 5.42. The van der Waals surface area contributed by atoms with Crippen molar-refractivity contribution >= 4 is 0 Å². The smallest absolute Gasteiger partial charge is 0.122 e. The first-order chi connectivity index (χ1) is 7.07. The molecule has 82 valence electrons. The van der Waals surface area contributed by atoms with E-state index in [1.54, 1.807) is 13.2 Å². The van der Waals surface area contributed by atoms with Gasteiger partial charge in [-0.25, -0.2) is 0 Å². The molecule has 0 bridgehead atoms. The number of ether oxygens (including phenoxy) is 1. The van der Waals surface area contributed by atoms with Gasteiger partial charge in [-0.15, -0.1) is 0 Å². The summed E-state index contributed by atoms with van der Waals surface area (Å²) in [5.74, 6) is 1.49. The summed E-state index contributed by atoms with van der Waals surface area (Å²) in [7, 11) is 1.61. The van der Waals surface area contributed by atoms with E-state index >= 15 is 0 Å². The van der Waals surface area contributed by atoms with Crippen LogP contribution in [0.15, 0.2) is 18.2 Å². The molecule has 1 saturated carbocycles. The number of hydrogen-bond acceptors (Lipinski definition) is 2. The first kappa shape index (κ1) is 10.3. The number of hydrogen-bond donors (Lipinski definition) is 1. The van der Waals surface area contributed by atoms with Gasteiger partial charge < -0.3 is 9.84 Å². The Bertz CT molecular complexity index is 367. The zero-order valence-electron chi connectivity index (χ0n) is 9.58. The molecule has 2 heteroatoms. The lowest BCUT2D eigenvalue weighted by Gasteiger charge is -2.20. The van der Waals surface area contributed by atoms with Gasteiger partial charge in [0.2, 0.25) is 0 Å². The lowest BCUT2D eigenvalue weighted by atomic mass is 9.86. The van der Waals surface area contributed by atoms with Gasteiger partial charge in [-0.1, -0.05) is 19.9 Å². The maximum Gasteiger partial charge on any atom is 0.122 e. The van der Waals surface area contributed by atoms with Gasteiger partial charge in [0.25, 0.3) is 0 Å². The Kier molecular flexibility index (Phi) is 2.37. The van der Waals surface area contributed by atoms with E-state index in [4.69, 9.17) is 4.74 Å². The topological polar surface area (TPSA) is 29.5 Å². The van der Waals surface area contributed by atoms with Crippen LogP contribution in [0, 0.1) is 5.41 Å². The molecule has 1 aromatic rings. The van der Waals surface area contributed by atoms with E-state index < -0.39 is 0 Å². The minimum atomic E-state index is 0.356. The number of phenolic OH excluding ortho intramolecular Hbond substituents is 1. The van der Waals surface area contributed by atoms with Crippen molar-refractivity contribution in [3.05, 3.63) is 23.8 Å². The highest BCUT2D eigenvalue weighted by atomic mass is 16.5. The third kappa shape index (κ3) is 1.81. The van der Waals surface area contributed by atoms with Crippen LogP contribution in [0.5, 0.6) is 11.5 Å². The van der Waals surface area contributed by atoms with Crippen molar-refractivity contribution in [2.45, 2.75) is 32.6 Å². The second-order valence-electron chi connectivity index (χ2n) is 4.80. The second-order valence-corrected chi connectivity index (χ2v) is 4.80. The molecule has 1 fully saturated rings. The molecule has 0 saturated heterocycles. The molecular formula is C13H18O2. The molecule has 0 spiro atoms. The van der Waals surface area contributed by atoms with E-state index in [-0.39, 0.29) is 0 Å². The summed E-state index contributed by atoms with van der Waals surface area (Å²) < 4.78 is 5.07. The average Bonchev–Trinajstić information content (AvgIpc) is 2.96. The monoisotopic (exact) mass is 206 g/mol. The molecule has 0 aliphatic heterocycles. The van der Waals surface area contributed by atoms with Crippen LogP contribution in [-0.2, 0) is 0 Å². The maximum absolute atomic E-state index is 9.90. The highest BCUT2D eigenvalue weighted by Gasteiger charge is 2.43. The van der Waals surface area contributed by atoms with Crippen molar-refractivity contribution in [3.63, 3.8) is 0 Å². The summed E-state index contributed by atoms with van der Waals surface area (Å²) >= 11 is 0. The predicted molar refractivity (Wildman–Crippen MR) is 60.4 cm³/mol. The number of rotatable bonds is 3. The zero-order chi connectivity index (χ0) is 11.1. The van der Waals surface area contributed by atoms with Crippen LogP contribution in [0.25, 0.3) is 0 Å². The number of phenols is 1. The molecule has 0 amide bonds. The van der Waals surface area contributed by atoms with Gasteiger partial charge in [-0.05, 0) is 35.8 Å². The lowest BCUT2D eigenvalue weighted by molar-refractivity contribution is 0.398. The fourth-order valence-electron chi connectivity index (χ4n) is 2.02. The minimum absolute atomic E-state index is 0.356. The Labute approximate surface area is 90.9 Å². The molecule has 1 atom stereocenters. The van der Waals surface area contributed by atoms with E-state index in [1.807, 2.05) is 12.1 Å². The molecule has 1 N–H and O–H groups in total. The largest absolute Gasteiger partial charge is 0.508 e. The number of methoxy groups -OCH3 is 1. The van der Waals surface area contributed by atoms with Crippen molar-refractivity contribution in [2.24, 2.45) is 5.41 Å². The normalized spacial score (nSPS) is 19.7. The summed E-state index contributed by atoms with van der Waals surface area (Å²) in [5, 5.41) is 9.90. The summed E-state index contributed by atoms with van der Waals surface area (Å²) in [6.07, 6.45) is 2.53. The Morgan fingerprint density at radius 2 is 2.07 bits per heavy atom. The van der Waals surface area contributed by atoms with Crippen LogP contribution in [0.2, 0.25) is 0 Å². The maximum atomic E-state index is 9.90. The van der Waals surface area contributed by atoms with Gasteiger partial charge in [0.05, 0.1) is 7.11 Å². The van der Waals surface area contributed by atoms with Crippen LogP contribution in [-0.4, -0.2) is 12.2 Å². The van der Waals surface area contributed by atoms with E-state index in [2.05, 4.69) is 13.8 Å². The average molecular weight is 206 g/mol. The van der Waals surface area contributed by atoms with Crippen molar-refractivity contribution in [3.8, 4) is 11.5 Å². The molecule has 2 nitrogen and oxygen atoms in total. The van der Waals surface area contributed by atoms with Crippen molar-refractivity contribution < 1.29 is 9.84 Å².